The molecule has 2 heterocycles. The molecule has 1 aromatic rings. The number of benzene rings is 1. The standard InChI is InChI=1S/C20H22N2O5/c1-4-10-27-20(25)18-14(11-15-16(12(2)23)19(24)22(15)18)17(21-26-3)13-8-6-5-7-9-13/h4-9,12,15-16,23H,1,10-11H2,2-3H3/b21-17+/t12-,15-,16-/m1/s1. The fraction of sp³-hybridized carbons (Fsp3) is 0.350. The Morgan fingerprint density at radius 2 is 2.15 bits per heavy atom. The molecule has 3 rings (SSSR count). The van der Waals surface area contributed by atoms with E-state index in [0.717, 1.165) is 5.56 Å². The van der Waals surface area contributed by atoms with E-state index in [1.807, 2.05) is 30.3 Å². The molecule has 0 unspecified atom stereocenters. The van der Waals surface area contributed by atoms with Crippen LogP contribution < -0.4 is 0 Å². The topological polar surface area (TPSA) is 88.4 Å². The molecule has 1 amide bonds. The van der Waals surface area contributed by atoms with Crippen molar-refractivity contribution in [1.29, 1.82) is 0 Å². The number of fused-ring (bicyclic) bond motifs is 1. The van der Waals surface area contributed by atoms with Crippen molar-refractivity contribution in [1.82, 2.24) is 4.90 Å². The van der Waals surface area contributed by atoms with E-state index in [2.05, 4.69) is 11.7 Å². The number of oxime groups is 1. The monoisotopic (exact) mass is 370 g/mol. The Hall–Kier alpha value is -2.93. The maximum absolute atomic E-state index is 12.7. The summed E-state index contributed by atoms with van der Waals surface area (Å²) >= 11 is 0. The number of esters is 1. The Morgan fingerprint density at radius 3 is 2.74 bits per heavy atom. The van der Waals surface area contributed by atoms with E-state index in [4.69, 9.17) is 9.57 Å². The predicted octanol–water partition coefficient (Wildman–Crippen LogP) is 1.63. The molecule has 1 aromatic carbocycles. The minimum atomic E-state index is -0.803. The van der Waals surface area contributed by atoms with Crippen LogP contribution in [-0.4, -0.2) is 53.5 Å². The number of rotatable bonds is 7. The van der Waals surface area contributed by atoms with Gasteiger partial charge in [0, 0.05) is 11.1 Å². The van der Waals surface area contributed by atoms with Crippen LogP contribution >= 0.6 is 0 Å². The number of β-lactam (4-membered cyclic amide) rings is 1. The highest BCUT2D eigenvalue weighted by atomic mass is 16.6. The molecule has 0 bridgehead atoms. The lowest BCUT2D eigenvalue weighted by molar-refractivity contribution is -0.162. The van der Waals surface area contributed by atoms with Gasteiger partial charge in [-0.15, -0.1) is 0 Å². The normalized spacial score (nSPS) is 22.9. The summed E-state index contributed by atoms with van der Waals surface area (Å²) in [5.74, 6) is -1.46. The SMILES string of the molecule is C=CCOC(=O)C1=C(/C(=N/OC)c2ccccc2)C[C@@H]2[C@@H]([C@@H](C)O)C(=O)N12. The van der Waals surface area contributed by atoms with Crippen molar-refractivity contribution >= 4 is 17.6 Å². The molecule has 1 saturated heterocycles. The molecular weight excluding hydrogens is 348 g/mol. The van der Waals surface area contributed by atoms with Gasteiger partial charge in [0.2, 0.25) is 5.91 Å². The first-order valence-corrected chi connectivity index (χ1v) is 8.70. The number of aliphatic hydroxyl groups is 1. The second kappa shape index (κ2) is 7.75. The lowest BCUT2D eigenvalue weighted by Crippen LogP contribution is -2.61. The van der Waals surface area contributed by atoms with Crippen molar-refractivity contribution in [3.8, 4) is 0 Å². The lowest BCUT2D eigenvalue weighted by atomic mass is 9.82. The summed E-state index contributed by atoms with van der Waals surface area (Å²) in [5.41, 5.74) is 1.95. The van der Waals surface area contributed by atoms with E-state index in [-0.39, 0.29) is 24.3 Å². The second-order valence-corrected chi connectivity index (χ2v) is 6.45. The first-order chi connectivity index (χ1) is 13.0. The smallest absolute Gasteiger partial charge is 0.355 e. The first-order valence-electron chi connectivity index (χ1n) is 8.70. The number of aliphatic hydroxyl groups excluding tert-OH is 1. The zero-order valence-electron chi connectivity index (χ0n) is 15.3. The number of hydrogen-bond donors (Lipinski definition) is 1. The Bertz CT molecular complexity index is 813. The van der Waals surface area contributed by atoms with Gasteiger partial charge in [-0.05, 0) is 13.3 Å². The van der Waals surface area contributed by atoms with E-state index in [9.17, 15) is 14.7 Å². The molecular formula is C20H22N2O5. The third kappa shape index (κ3) is 3.26. The summed E-state index contributed by atoms with van der Waals surface area (Å²) in [6.45, 7) is 5.15. The minimum absolute atomic E-state index is 0.0320. The number of nitrogens with zero attached hydrogens (tertiary/aromatic N) is 2. The lowest BCUT2D eigenvalue weighted by Gasteiger charge is -2.44. The first kappa shape index (κ1) is 18.8. The average Bonchev–Trinajstić information content (AvgIpc) is 2.99. The maximum atomic E-state index is 12.7. The zero-order valence-corrected chi connectivity index (χ0v) is 15.3. The number of hydrogen-bond acceptors (Lipinski definition) is 6. The molecule has 2 aliphatic rings. The number of ether oxygens (including phenoxy) is 1. The van der Waals surface area contributed by atoms with Crippen molar-refractivity contribution in [3.63, 3.8) is 0 Å². The van der Waals surface area contributed by atoms with Crippen LogP contribution in [0.3, 0.4) is 0 Å². The Balaban J connectivity index is 2.07. The fourth-order valence-corrected chi connectivity index (χ4v) is 3.64. The maximum Gasteiger partial charge on any atom is 0.355 e. The largest absolute Gasteiger partial charge is 0.457 e. The molecule has 3 atom stereocenters. The van der Waals surface area contributed by atoms with E-state index in [1.54, 1.807) is 6.92 Å². The van der Waals surface area contributed by atoms with Crippen LogP contribution in [0, 0.1) is 5.92 Å². The number of carbonyl (C=O) groups is 2. The van der Waals surface area contributed by atoms with Crippen LogP contribution in [-0.2, 0) is 19.2 Å². The van der Waals surface area contributed by atoms with Crippen LogP contribution in [0.15, 0.2) is 59.4 Å². The van der Waals surface area contributed by atoms with Gasteiger partial charge in [0.1, 0.15) is 25.1 Å². The molecule has 142 valence electrons. The van der Waals surface area contributed by atoms with Crippen molar-refractivity contribution < 1.29 is 24.3 Å². The number of carbonyl (C=O) groups excluding carboxylic acids is 2. The molecule has 1 N–H and O–H groups in total. The molecule has 7 heteroatoms. The van der Waals surface area contributed by atoms with Crippen LogP contribution in [0.2, 0.25) is 0 Å². The van der Waals surface area contributed by atoms with Crippen LogP contribution in [0.1, 0.15) is 18.9 Å². The van der Waals surface area contributed by atoms with Crippen molar-refractivity contribution in [2.24, 2.45) is 11.1 Å². The second-order valence-electron chi connectivity index (χ2n) is 6.45. The van der Waals surface area contributed by atoms with Gasteiger partial charge in [-0.25, -0.2) is 4.79 Å². The summed E-state index contributed by atoms with van der Waals surface area (Å²) in [7, 11) is 1.42. The summed E-state index contributed by atoms with van der Waals surface area (Å²) in [6.07, 6.45) is 1.04. The molecule has 0 aliphatic carbocycles. The Kier molecular flexibility index (Phi) is 5.41. The van der Waals surface area contributed by atoms with Crippen LogP contribution in [0.25, 0.3) is 0 Å². The van der Waals surface area contributed by atoms with Gasteiger partial charge >= 0.3 is 5.97 Å². The number of amides is 1. The molecule has 7 nitrogen and oxygen atoms in total. The van der Waals surface area contributed by atoms with Crippen LogP contribution in [0.5, 0.6) is 0 Å². The molecule has 2 aliphatic heterocycles. The highest BCUT2D eigenvalue weighted by Crippen LogP contribution is 2.45. The van der Waals surface area contributed by atoms with Gasteiger partial charge in [0.25, 0.3) is 0 Å². The van der Waals surface area contributed by atoms with Crippen molar-refractivity contribution in [3.05, 3.63) is 59.8 Å². The third-order valence-corrected chi connectivity index (χ3v) is 4.77. The van der Waals surface area contributed by atoms with Gasteiger partial charge in [-0.2, -0.15) is 0 Å². The van der Waals surface area contributed by atoms with E-state index in [0.29, 0.717) is 17.7 Å². The molecule has 1 fully saturated rings. The Morgan fingerprint density at radius 1 is 1.44 bits per heavy atom. The predicted molar refractivity (Wildman–Crippen MR) is 98.6 cm³/mol. The highest BCUT2D eigenvalue weighted by molar-refractivity contribution is 6.18. The fourth-order valence-electron chi connectivity index (χ4n) is 3.64. The molecule has 0 saturated carbocycles. The van der Waals surface area contributed by atoms with E-state index < -0.39 is 18.0 Å². The molecule has 0 spiro atoms. The summed E-state index contributed by atoms with van der Waals surface area (Å²) < 4.78 is 5.20. The van der Waals surface area contributed by atoms with Gasteiger partial charge in [0.15, 0.2) is 0 Å². The molecule has 27 heavy (non-hydrogen) atoms. The molecule has 0 radical (unpaired) electrons. The minimum Gasteiger partial charge on any atom is -0.457 e. The van der Waals surface area contributed by atoms with Crippen molar-refractivity contribution in [2.45, 2.75) is 25.5 Å². The van der Waals surface area contributed by atoms with Gasteiger partial charge in [0.05, 0.1) is 18.1 Å². The van der Waals surface area contributed by atoms with Gasteiger partial charge in [-0.1, -0.05) is 48.1 Å². The third-order valence-electron chi connectivity index (χ3n) is 4.77. The Labute approximate surface area is 157 Å². The van der Waals surface area contributed by atoms with Crippen LogP contribution in [0.4, 0.5) is 0 Å². The van der Waals surface area contributed by atoms with Gasteiger partial charge < -0.3 is 19.6 Å². The van der Waals surface area contributed by atoms with Gasteiger partial charge in [-0.3, -0.25) is 4.79 Å². The average molecular weight is 370 g/mol. The van der Waals surface area contributed by atoms with E-state index >= 15 is 0 Å². The summed E-state index contributed by atoms with van der Waals surface area (Å²) in [4.78, 5) is 31.7. The summed E-state index contributed by atoms with van der Waals surface area (Å²) in [5, 5.41) is 14.1. The molecule has 0 aromatic heterocycles. The zero-order chi connectivity index (χ0) is 19.6. The summed E-state index contributed by atoms with van der Waals surface area (Å²) in [6, 6.07) is 8.97. The van der Waals surface area contributed by atoms with Crippen molar-refractivity contribution in [2.75, 3.05) is 13.7 Å². The highest BCUT2D eigenvalue weighted by Gasteiger charge is 2.57. The van der Waals surface area contributed by atoms with E-state index in [1.165, 1.54) is 18.1 Å². The quantitative estimate of drug-likeness (QED) is 0.259.